The van der Waals surface area contributed by atoms with Crippen LogP contribution in [0.15, 0.2) is 84.9 Å². The fourth-order valence-corrected chi connectivity index (χ4v) is 4.28. The minimum absolute atomic E-state index is 0.101. The van der Waals surface area contributed by atoms with Crippen LogP contribution in [0.25, 0.3) is 11.0 Å². The van der Waals surface area contributed by atoms with Crippen LogP contribution in [0.5, 0.6) is 0 Å². The first-order chi connectivity index (χ1) is 17.2. The number of para-hydroxylation sites is 3. The highest BCUT2D eigenvalue weighted by molar-refractivity contribution is 5.85. The lowest BCUT2D eigenvalue weighted by molar-refractivity contribution is -0.145. The van der Waals surface area contributed by atoms with Crippen LogP contribution in [0, 0.1) is 11.3 Å². The number of carbonyl (C=O) groups excluding carboxylic acids is 1. The van der Waals surface area contributed by atoms with Crippen LogP contribution in [0.4, 0.5) is 11.5 Å². The maximum absolute atomic E-state index is 13.0. The average molecular weight is 464 g/mol. The van der Waals surface area contributed by atoms with E-state index in [0.29, 0.717) is 30.1 Å². The molecule has 3 aromatic carbocycles. The number of rotatable bonds is 6. The van der Waals surface area contributed by atoms with Crippen molar-refractivity contribution in [3.05, 3.63) is 96.2 Å². The smallest absolute Gasteiger partial charge is 0.330 e. The van der Waals surface area contributed by atoms with E-state index in [1.807, 2.05) is 72.8 Å². The first-order valence-electron chi connectivity index (χ1n) is 11.6. The lowest BCUT2D eigenvalue weighted by Gasteiger charge is -2.37. The Morgan fingerprint density at radius 1 is 0.829 bits per heavy atom. The predicted molar refractivity (Wildman–Crippen MR) is 135 cm³/mol. The van der Waals surface area contributed by atoms with Crippen molar-refractivity contribution < 1.29 is 9.53 Å². The molecule has 1 atom stereocenters. The monoisotopic (exact) mass is 463 g/mol. The molecule has 1 aliphatic rings. The zero-order valence-electron chi connectivity index (χ0n) is 19.2. The van der Waals surface area contributed by atoms with Crippen LogP contribution in [0.2, 0.25) is 0 Å². The molecule has 7 nitrogen and oxygen atoms in total. The highest BCUT2D eigenvalue weighted by atomic mass is 16.5. The Balaban J connectivity index is 1.42. The summed E-state index contributed by atoms with van der Waals surface area (Å²) in [5, 5.41) is 9.99. The Bertz CT molecular complexity index is 1350. The molecule has 1 saturated heterocycles. The standard InChI is InChI=1S/C28H25N5O2/c29-19-23(28(34)35-20-21-9-3-1-4-10-21)26-27(31-25-14-8-7-13-24(25)30-26)33-17-15-32(16-18-33)22-11-5-2-6-12-22/h1-14,23H,15-18,20H2. The van der Waals surface area contributed by atoms with Crippen LogP contribution < -0.4 is 9.80 Å². The number of hydrogen-bond acceptors (Lipinski definition) is 7. The molecule has 0 saturated carbocycles. The molecule has 35 heavy (non-hydrogen) atoms. The van der Waals surface area contributed by atoms with Gasteiger partial charge in [-0.1, -0.05) is 60.7 Å². The molecule has 0 N–H and O–H groups in total. The third-order valence-corrected chi connectivity index (χ3v) is 6.14. The van der Waals surface area contributed by atoms with Gasteiger partial charge in [-0.25, -0.2) is 9.97 Å². The number of piperazine rings is 1. The van der Waals surface area contributed by atoms with E-state index in [-0.39, 0.29) is 6.61 Å². The summed E-state index contributed by atoms with van der Waals surface area (Å²) in [6.07, 6.45) is 0. The number of hydrogen-bond donors (Lipinski definition) is 0. The molecule has 1 unspecified atom stereocenters. The highest BCUT2D eigenvalue weighted by Gasteiger charge is 2.31. The van der Waals surface area contributed by atoms with Crippen LogP contribution >= 0.6 is 0 Å². The quantitative estimate of drug-likeness (QED) is 0.394. The second-order valence-electron chi connectivity index (χ2n) is 8.39. The SMILES string of the molecule is N#CC(C(=O)OCc1ccccc1)c1nc2ccccc2nc1N1CCN(c2ccccc2)CC1. The molecule has 2 heterocycles. The second-order valence-corrected chi connectivity index (χ2v) is 8.39. The summed E-state index contributed by atoms with van der Waals surface area (Å²) in [7, 11) is 0. The van der Waals surface area contributed by atoms with Gasteiger partial charge in [0.1, 0.15) is 12.3 Å². The Hall–Kier alpha value is -4.44. The molecule has 0 radical (unpaired) electrons. The number of carbonyl (C=O) groups is 1. The first-order valence-corrected chi connectivity index (χ1v) is 11.6. The van der Waals surface area contributed by atoms with Crippen LogP contribution in [-0.4, -0.2) is 42.1 Å². The molecule has 174 valence electrons. The zero-order chi connectivity index (χ0) is 24.0. The Kier molecular flexibility index (Phi) is 6.53. The van der Waals surface area contributed by atoms with E-state index in [1.165, 1.54) is 5.69 Å². The minimum atomic E-state index is -1.17. The largest absolute Gasteiger partial charge is 0.460 e. The van der Waals surface area contributed by atoms with Gasteiger partial charge in [0.2, 0.25) is 0 Å². The average Bonchev–Trinajstić information content (AvgIpc) is 2.93. The summed E-state index contributed by atoms with van der Waals surface area (Å²) in [5.74, 6) is -1.22. The third kappa shape index (κ3) is 4.92. The van der Waals surface area contributed by atoms with E-state index in [2.05, 4.69) is 28.0 Å². The summed E-state index contributed by atoms with van der Waals surface area (Å²) in [6, 6.07) is 29.3. The van der Waals surface area contributed by atoms with Gasteiger partial charge in [-0.2, -0.15) is 5.26 Å². The van der Waals surface area contributed by atoms with E-state index in [0.717, 1.165) is 24.2 Å². The van der Waals surface area contributed by atoms with E-state index >= 15 is 0 Å². The van der Waals surface area contributed by atoms with Gasteiger partial charge in [0, 0.05) is 31.9 Å². The predicted octanol–water partition coefficient (Wildman–Crippen LogP) is 4.31. The van der Waals surface area contributed by atoms with Crippen molar-refractivity contribution in [3.63, 3.8) is 0 Å². The molecule has 7 heteroatoms. The third-order valence-electron chi connectivity index (χ3n) is 6.14. The van der Waals surface area contributed by atoms with Crippen molar-refractivity contribution >= 4 is 28.5 Å². The number of esters is 1. The van der Waals surface area contributed by atoms with E-state index in [9.17, 15) is 10.1 Å². The highest BCUT2D eigenvalue weighted by Crippen LogP contribution is 2.29. The molecule has 1 aliphatic heterocycles. The lowest BCUT2D eigenvalue weighted by Crippen LogP contribution is -2.47. The van der Waals surface area contributed by atoms with Crippen LogP contribution in [-0.2, 0) is 16.1 Å². The number of benzene rings is 3. The van der Waals surface area contributed by atoms with Crippen LogP contribution in [0.3, 0.4) is 0 Å². The summed E-state index contributed by atoms with van der Waals surface area (Å²) >= 11 is 0. The number of aromatic nitrogens is 2. The Morgan fingerprint density at radius 2 is 1.40 bits per heavy atom. The number of nitrogens with zero attached hydrogens (tertiary/aromatic N) is 5. The van der Waals surface area contributed by atoms with E-state index < -0.39 is 11.9 Å². The van der Waals surface area contributed by atoms with Gasteiger partial charge < -0.3 is 14.5 Å². The van der Waals surface area contributed by atoms with Gasteiger partial charge in [0.05, 0.1) is 17.1 Å². The molecular weight excluding hydrogens is 438 g/mol. The molecule has 0 bridgehead atoms. The zero-order valence-corrected chi connectivity index (χ0v) is 19.2. The van der Waals surface area contributed by atoms with Gasteiger partial charge in [-0.15, -0.1) is 0 Å². The number of ether oxygens (including phenoxy) is 1. The number of fused-ring (bicyclic) bond motifs is 1. The van der Waals surface area contributed by atoms with Crippen molar-refractivity contribution in [2.24, 2.45) is 0 Å². The normalized spacial score (nSPS) is 14.4. The molecule has 4 aromatic rings. The Labute approximate surface area is 204 Å². The number of anilines is 2. The molecule has 0 amide bonds. The van der Waals surface area contributed by atoms with Gasteiger partial charge in [0.25, 0.3) is 0 Å². The fraction of sp³-hybridized carbons (Fsp3) is 0.214. The number of nitriles is 1. The van der Waals surface area contributed by atoms with Crippen molar-refractivity contribution in [3.8, 4) is 6.07 Å². The molecule has 0 aliphatic carbocycles. The van der Waals surface area contributed by atoms with Gasteiger partial charge >= 0.3 is 5.97 Å². The topological polar surface area (TPSA) is 82.3 Å². The molecule has 0 spiro atoms. The summed E-state index contributed by atoms with van der Waals surface area (Å²) in [5.41, 5.74) is 3.75. The van der Waals surface area contributed by atoms with Crippen molar-refractivity contribution in [1.82, 2.24) is 9.97 Å². The van der Waals surface area contributed by atoms with Crippen molar-refractivity contribution in [2.45, 2.75) is 12.5 Å². The lowest BCUT2D eigenvalue weighted by atomic mass is 10.1. The Morgan fingerprint density at radius 3 is 2.06 bits per heavy atom. The summed E-state index contributed by atoms with van der Waals surface area (Å²) in [4.78, 5) is 27.0. The fourth-order valence-electron chi connectivity index (χ4n) is 4.28. The molecule has 5 rings (SSSR count). The van der Waals surface area contributed by atoms with Gasteiger partial charge in [-0.05, 0) is 29.8 Å². The molecular formula is C28H25N5O2. The van der Waals surface area contributed by atoms with E-state index in [1.54, 1.807) is 0 Å². The van der Waals surface area contributed by atoms with Crippen molar-refractivity contribution in [1.29, 1.82) is 5.26 Å². The maximum atomic E-state index is 13.0. The first kappa shape index (κ1) is 22.4. The van der Waals surface area contributed by atoms with E-state index in [4.69, 9.17) is 14.7 Å². The van der Waals surface area contributed by atoms with Gasteiger partial charge in [-0.3, -0.25) is 4.79 Å². The maximum Gasteiger partial charge on any atom is 0.330 e. The van der Waals surface area contributed by atoms with Gasteiger partial charge in [0.15, 0.2) is 11.7 Å². The van der Waals surface area contributed by atoms with Crippen molar-refractivity contribution in [2.75, 3.05) is 36.0 Å². The molecule has 1 aromatic heterocycles. The van der Waals surface area contributed by atoms with Crippen LogP contribution in [0.1, 0.15) is 17.2 Å². The minimum Gasteiger partial charge on any atom is -0.460 e. The summed E-state index contributed by atoms with van der Waals surface area (Å²) < 4.78 is 5.51. The summed E-state index contributed by atoms with van der Waals surface area (Å²) in [6.45, 7) is 3.10. The second kappa shape index (κ2) is 10.2. The molecule has 1 fully saturated rings.